The summed E-state index contributed by atoms with van der Waals surface area (Å²) in [6.07, 6.45) is 13.7. The van der Waals surface area contributed by atoms with Gasteiger partial charge in [-0.25, -0.2) is 0 Å². The van der Waals surface area contributed by atoms with Gasteiger partial charge in [0.25, 0.3) is 0 Å². The SMILES string of the molecule is C=C1C(=O)C23CC1CCC2C12COC(OC(=O)CCCCCCCCCCCCC)C1C(C)(C)C(O)CC2OC3=O. The first-order valence-electron chi connectivity index (χ1n) is 16.5. The molecule has 5 rings (SSSR count). The minimum absolute atomic E-state index is 0.0154. The highest BCUT2D eigenvalue weighted by Gasteiger charge is 2.78. The molecule has 0 radical (unpaired) electrons. The second kappa shape index (κ2) is 12.1. The van der Waals surface area contributed by atoms with Crippen LogP contribution >= 0.6 is 0 Å². The van der Waals surface area contributed by atoms with Crippen LogP contribution in [-0.2, 0) is 28.6 Å². The highest BCUT2D eigenvalue weighted by atomic mass is 16.7. The zero-order chi connectivity index (χ0) is 29.4. The number of allylic oxidation sites excluding steroid dienone is 1. The number of ketones is 1. The Morgan fingerprint density at radius 3 is 2.29 bits per heavy atom. The van der Waals surface area contributed by atoms with Crippen LogP contribution in [0.1, 0.15) is 124 Å². The van der Waals surface area contributed by atoms with Gasteiger partial charge in [-0.2, -0.15) is 0 Å². The summed E-state index contributed by atoms with van der Waals surface area (Å²) in [5.74, 6) is -1.58. The lowest BCUT2D eigenvalue weighted by Gasteiger charge is -2.62. The van der Waals surface area contributed by atoms with Gasteiger partial charge in [0.2, 0.25) is 6.29 Å². The third kappa shape index (κ3) is 5.11. The van der Waals surface area contributed by atoms with Gasteiger partial charge in [-0.05, 0) is 43.1 Å². The first-order chi connectivity index (χ1) is 19.6. The minimum Gasteiger partial charge on any atom is -0.461 e. The first-order valence-corrected chi connectivity index (χ1v) is 16.5. The molecular formula is C34H52O7. The molecule has 8 atom stereocenters. The average molecular weight is 573 g/mol. The van der Waals surface area contributed by atoms with Crippen molar-refractivity contribution in [1.29, 1.82) is 0 Å². The number of Topliss-reactive ketones (excluding diaryl/α,β-unsaturated/α-hetero) is 1. The molecule has 41 heavy (non-hydrogen) atoms. The number of aliphatic hydroxyl groups excluding tert-OH is 1. The number of hydrogen-bond donors (Lipinski definition) is 1. The van der Waals surface area contributed by atoms with E-state index in [-0.39, 0.29) is 30.2 Å². The van der Waals surface area contributed by atoms with Gasteiger partial charge in [-0.15, -0.1) is 0 Å². The molecule has 0 aromatic carbocycles. The number of carbonyl (C=O) groups excluding carboxylic acids is 3. The molecule has 7 nitrogen and oxygen atoms in total. The quantitative estimate of drug-likeness (QED) is 0.117. The van der Waals surface area contributed by atoms with Crippen LogP contribution in [-0.4, -0.2) is 47.9 Å². The fourth-order valence-electron chi connectivity index (χ4n) is 9.41. The molecule has 7 heteroatoms. The summed E-state index contributed by atoms with van der Waals surface area (Å²) in [7, 11) is 0. The van der Waals surface area contributed by atoms with E-state index in [4.69, 9.17) is 14.2 Å². The van der Waals surface area contributed by atoms with Gasteiger partial charge in [0, 0.05) is 29.6 Å². The summed E-state index contributed by atoms with van der Waals surface area (Å²) in [6, 6.07) is 0. The lowest BCUT2D eigenvalue weighted by molar-refractivity contribution is -0.255. The summed E-state index contributed by atoms with van der Waals surface area (Å²) in [5.41, 5.74) is -2.04. The van der Waals surface area contributed by atoms with E-state index in [1.165, 1.54) is 51.4 Å². The molecule has 0 aromatic rings. The van der Waals surface area contributed by atoms with Crippen molar-refractivity contribution in [3.05, 3.63) is 12.2 Å². The van der Waals surface area contributed by atoms with E-state index >= 15 is 0 Å². The Labute approximate surface area is 246 Å². The zero-order valence-corrected chi connectivity index (χ0v) is 25.6. The molecule has 3 aliphatic carbocycles. The van der Waals surface area contributed by atoms with Gasteiger partial charge in [0.1, 0.15) is 11.5 Å². The number of fused-ring (bicyclic) bond motifs is 1. The summed E-state index contributed by atoms with van der Waals surface area (Å²) >= 11 is 0. The second-order valence-electron chi connectivity index (χ2n) is 14.4. The van der Waals surface area contributed by atoms with Crippen molar-refractivity contribution >= 4 is 17.7 Å². The third-order valence-electron chi connectivity index (χ3n) is 11.7. The first kappa shape index (κ1) is 30.7. The van der Waals surface area contributed by atoms with Crippen LogP contribution in [0.4, 0.5) is 0 Å². The van der Waals surface area contributed by atoms with Crippen molar-refractivity contribution < 1.29 is 33.7 Å². The van der Waals surface area contributed by atoms with Crippen molar-refractivity contribution in [3.8, 4) is 0 Å². The van der Waals surface area contributed by atoms with E-state index in [2.05, 4.69) is 13.5 Å². The predicted molar refractivity (Wildman–Crippen MR) is 155 cm³/mol. The van der Waals surface area contributed by atoms with Gasteiger partial charge in [0.05, 0.1) is 12.7 Å². The lowest BCUT2D eigenvalue weighted by Crippen LogP contribution is -2.70. The lowest BCUT2D eigenvalue weighted by atomic mass is 9.43. The van der Waals surface area contributed by atoms with Crippen LogP contribution in [0.2, 0.25) is 0 Å². The predicted octanol–water partition coefficient (Wildman–Crippen LogP) is 6.45. The van der Waals surface area contributed by atoms with Crippen LogP contribution in [0.25, 0.3) is 0 Å². The number of hydrogen-bond acceptors (Lipinski definition) is 7. The minimum atomic E-state index is -1.23. The van der Waals surface area contributed by atoms with Crippen LogP contribution < -0.4 is 0 Å². The molecule has 8 unspecified atom stereocenters. The van der Waals surface area contributed by atoms with Crippen molar-refractivity contribution in [2.75, 3.05) is 6.61 Å². The Hall–Kier alpha value is -1.73. The van der Waals surface area contributed by atoms with Crippen LogP contribution in [0, 0.1) is 34.0 Å². The molecule has 3 saturated carbocycles. The summed E-state index contributed by atoms with van der Waals surface area (Å²) < 4.78 is 18.4. The van der Waals surface area contributed by atoms with Crippen molar-refractivity contribution in [1.82, 2.24) is 0 Å². The topological polar surface area (TPSA) is 99.1 Å². The van der Waals surface area contributed by atoms with Gasteiger partial charge >= 0.3 is 11.9 Å². The van der Waals surface area contributed by atoms with E-state index in [1.54, 1.807) is 0 Å². The van der Waals surface area contributed by atoms with Crippen molar-refractivity contribution in [2.24, 2.45) is 34.0 Å². The maximum atomic E-state index is 13.6. The molecule has 2 saturated heterocycles. The fourth-order valence-corrected chi connectivity index (χ4v) is 9.41. The van der Waals surface area contributed by atoms with Gasteiger partial charge in [0.15, 0.2) is 5.78 Å². The molecule has 230 valence electrons. The third-order valence-corrected chi connectivity index (χ3v) is 11.7. The Kier molecular flexibility index (Phi) is 9.07. The largest absolute Gasteiger partial charge is 0.461 e. The number of aliphatic hydroxyl groups is 1. The number of ether oxygens (including phenoxy) is 3. The smallest absolute Gasteiger partial charge is 0.320 e. The number of esters is 2. The average Bonchev–Trinajstić information content (AvgIpc) is 3.41. The van der Waals surface area contributed by atoms with E-state index in [9.17, 15) is 19.5 Å². The summed E-state index contributed by atoms with van der Waals surface area (Å²) in [4.78, 5) is 40.2. The molecule has 2 spiro atoms. The van der Waals surface area contributed by atoms with Gasteiger partial charge in [-0.1, -0.05) is 91.6 Å². The number of rotatable bonds is 13. The molecule has 1 N–H and O–H groups in total. The normalized spacial score (nSPS) is 38.7. The highest BCUT2D eigenvalue weighted by molar-refractivity contribution is 6.15. The van der Waals surface area contributed by atoms with Crippen molar-refractivity contribution in [3.63, 3.8) is 0 Å². The molecule has 0 amide bonds. The second-order valence-corrected chi connectivity index (χ2v) is 14.4. The van der Waals surface area contributed by atoms with Crippen LogP contribution in [0.5, 0.6) is 0 Å². The molecular weight excluding hydrogens is 520 g/mol. The Morgan fingerprint density at radius 2 is 1.63 bits per heavy atom. The molecule has 2 heterocycles. The Bertz CT molecular complexity index is 1020. The maximum absolute atomic E-state index is 13.6. The van der Waals surface area contributed by atoms with E-state index in [0.29, 0.717) is 31.3 Å². The Balaban J connectivity index is 1.21. The molecule has 2 aliphatic heterocycles. The molecule has 5 fully saturated rings. The van der Waals surface area contributed by atoms with Gasteiger partial charge < -0.3 is 19.3 Å². The number of carbonyl (C=O) groups is 3. The monoisotopic (exact) mass is 572 g/mol. The van der Waals surface area contributed by atoms with Crippen LogP contribution in [0.3, 0.4) is 0 Å². The molecule has 0 aromatic heterocycles. The van der Waals surface area contributed by atoms with E-state index in [1.807, 2.05) is 13.8 Å². The molecule has 5 aliphatic rings. The maximum Gasteiger partial charge on any atom is 0.320 e. The summed E-state index contributed by atoms with van der Waals surface area (Å²) in [6.45, 7) is 10.5. The van der Waals surface area contributed by atoms with Gasteiger partial charge in [-0.3, -0.25) is 14.4 Å². The van der Waals surface area contributed by atoms with E-state index in [0.717, 1.165) is 25.7 Å². The Morgan fingerprint density at radius 1 is 1.00 bits per heavy atom. The van der Waals surface area contributed by atoms with E-state index < -0.39 is 46.6 Å². The highest BCUT2D eigenvalue weighted by Crippen LogP contribution is 2.71. The molecule has 2 bridgehead atoms. The number of unbranched alkanes of at least 4 members (excludes halogenated alkanes) is 10. The fraction of sp³-hybridized carbons (Fsp3) is 0.853. The van der Waals surface area contributed by atoms with Crippen LogP contribution in [0.15, 0.2) is 12.2 Å². The standard InChI is InChI=1S/C34H52O7/c1-5-6-7-8-9-10-11-12-13-14-15-16-27(36)41-30-28-32(3,4)25(35)19-26-34(28,21-39-30)24-18-17-23-20-33(24,31(38)40-26)29(37)22(23)2/h23-26,28,30,35H,2,5-21H2,1,3-4H3. The van der Waals surface area contributed by atoms with Crippen molar-refractivity contribution in [2.45, 2.75) is 142 Å². The summed E-state index contributed by atoms with van der Waals surface area (Å²) in [5, 5.41) is 11.2. The zero-order valence-electron chi connectivity index (χ0n) is 25.6.